The van der Waals surface area contributed by atoms with Crippen LogP contribution in [0.15, 0.2) is 0 Å². The number of carbonyl (C=O) groups excluding carboxylic acids is 2. The van der Waals surface area contributed by atoms with E-state index in [1.807, 2.05) is 0 Å². The third-order valence-electron chi connectivity index (χ3n) is 2.08. The van der Waals surface area contributed by atoms with E-state index in [2.05, 4.69) is 12.8 Å². The van der Waals surface area contributed by atoms with Crippen molar-refractivity contribution in [2.24, 2.45) is 0 Å². The molecule has 0 aliphatic carbocycles. The maximum atomic E-state index is 13.1. The maximum Gasteiger partial charge on any atom is 0.274 e. The minimum atomic E-state index is -2.14. The molecule has 0 unspecified atom stereocenters. The Balaban J connectivity index is 2.91. The van der Waals surface area contributed by atoms with Gasteiger partial charge in [-0.25, -0.2) is 21.9 Å². The van der Waals surface area contributed by atoms with Crippen LogP contribution in [0, 0.1) is 23.3 Å². The second kappa shape index (κ2) is 3.21. The quantitative estimate of drug-likeness (QED) is 0.250. The van der Waals surface area contributed by atoms with E-state index in [9.17, 15) is 27.2 Å². The zero-order chi connectivity index (χ0) is 12.2. The fourth-order valence-corrected chi connectivity index (χ4v) is 1.54. The number of carbonyl (C=O) groups is 2. The van der Waals surface area contributed by atoms with Crippen molar-refractivity contribution in [3.05, 3.63) is 34.4 Å². The van der Waals surface area contributed by atoms with Gasteiger partial charge in [-0.3, -0.25) is 9.59 Å². The van der Waals surface area contributed by atoms with E-state index in [1.165, 1.54) is 0 Å². The molecule has 0 fully saturated rings. The number of nitrogens with zero attached hydrogens (tertiary/aromatic N) is 1. The molecule has 1 aromatic carbocycles. The summed E-state index contributed by atoms with van der Waals surface area (Å²) in [6.45, 7) is 0. The predicted molar refractivity (Wildman–Crippen MR) is 45.8 cm³/mol. The van der Waals surface area contributed by atoms with Crippen LogP contribution in [0.25, 0.3) is 0 Å². The standard InChI is InChI=1S/C8HF4NO2S/c9-3-1-2(4(10)6(12)5(3)11)8(15)13(16)7(1)14/h16H. The molecule has 1 aromatic rings. The molecule has 0 N–H and O–H groups in total. The van der Waals surface area contributed by atoms with Crippen LogP contribution in [-0.4, -0.2) is 16.1 Å². The van der Waals surface area contributed by atoms with Crippen LogP contribution < -0.4 is 0 Å². The van der Waals surface area contributed by atoms with Crippen molar-refractivity contribution in [2.75, 3.05) is 0 Å². The summed E-state index contributed by atoms with van der Waals surface area (Å²) in [5, 5.41) is 0. The second-order valence-corrected chi connectivity index (χ2v) is 3.33. The zero-order valence-corrected chi connectivity index (χ0v) is 8.12. The molecule has 2 rings (SSSR count). The first-order valence-corrected chi connectivity index (χ1v) is 4.21. The topological polar surface area (TPSA) is 37.4 Å². The SMILES string of the molecule is O=C1c2c(F)c(F)c(F)c(F)c2C(=O)N1S. The molecule has 1 aliphatic heterocycles. The van der Waals surface area contributed by atoms with Gasteiger partial charge in [0, 0.05) is 0 Å². The number of hydrogen-bond donors (Lipinski definition) is 1. The van der Waals surface area contributed by atoms with Crippen LogP contribution in [-0.2, 0) is 0 Å². The van der Waals surface area contributed by atoms with E-state index in [4.69, 9.17) is 0 Å². The van der Waals surface area contributed by atoms with E-state index in [1.54, 1.807) is 0 Å². The van der Waals surface area contributed by atoms with Crippen LogP contribution in [0.3, 0.4) is 0 Å². The number of rotatable bonds is 0. The Morgan fingerprint density at radius 1 is 0.750 bits per heavy atom. The van der Waals surface area contributed by atoms with Gasteiger partial charge < -0.3 is 0 Å². The van der Waals surface area contributed by atoms with Crippen molar-refractivity contribution in [2.45, 2.75) is 0 Å². The van der Waals surface area contributed by atoms with E-state index in [0.717, 1.165) is 0 Å². The molecular weight excluding hydrogens is 250 g/mol. The molecule has 0 spiro atoms. The maximum absolute atomic E-state index is 13.1. The lowest BCUT2D eigenvalue weighted by atomic mass is 10.1. The van der Waals surface area contributed by atoms with Gasteiger partial charge in [0.1, 0.15) is 0 Å². The lowest BCUT2D eigenvalue weighted by Crippen LogP contribution is -2.18. The van der Waals surface area contributed by atoms with Gasteiger partial charge in [0.15, 0.2) is 23.3 Å². The highest BCUT2D eigenvalue weighted by Crippen LogP contribution is 2.31. The van der Waals surface area contributed by atoms with E-state index in [-0.39, 0.29) is 4.31 Å². The molecule has 1 aliphatic rings. The van der Waals surface area contributed by atoms with E-state index in [0.29, 0.717) is 0 Å². The van der Waals surface area contributed by atoms with Gasteiger partial charge in [0.25, 0.3) is 11.8 Å². The highest BCUT2D eigenvalue weighted by molar-refractivity contribution is 7.79. The Kier molecular flexibility index (Phi) is 2.19. The molecule has 0 bridgehead atoms. The van der Waals surface area contributed by atoms with Crippen LogP contribution in [0.2, 0.25) is 0 Å². The smallest absolute Gasteiger partial charge is 0.267 e. The molecule has 0 radical (unpaired) electrons. The number of fused-ring (bicyclic) bond motifs is 1. The van der Waals surface area contributed by atoms with Gasteiger partial charge in [0.2, 0.25) is 0 Å². The average molecular weight is 251 g/mol. The molecule has 16 heavy (non-hydrogen) atoms. The Bertz CT molecular complexity index is 499. The fourth-order valence-electron chi connectivity index (χ4n) is 1.34. The van der Waals surface area contributed by atoms with Crippen LogP contribution in [0.5, 0.6) is 0 Å². The number of imide groups is 1. The summed E-state index contributed by atoms with van der Waals surface area (Å²) in [6, 6.07) is 0. The molecule has 84 valence electrons. The minimum absolute atomic E-state index is 0.0791. The highest BCUT2D eigenvalue weighted by Gasteiger charge is 2.42. The van der Waals surface area contributed by atoms with Gasteiger partial charge in [0.05, 0.1) is 11.1 Å². The summed E-state index contributed by atoms with van der Waals surface area (Å²) < 4.78 is 51.9. The lowest BCUT2D eigenvalue weighted by Gasteiger charge is -2.01. The summed E-state index contributed by atoms with van der Waals surface area (Å²) in [7, 11) is 0. The first kappa shape index (κ1) is 10.9. The molecule has 2 amide bonds. The van der Waals surface area contributed by atoms with Gasteiger partial charge in [-0.2, -0.15) is 0 Å². The van der Waals surface area contributed by atoms with Crippen molar-refractivity contribution in [1.29, 1.82) is 0 Å². The highest BCUT2D eigenvalue weighted by atomic mass is 32.1. The van der Waals surface area contributed by atoms with Gasteiger partial charge >= 0.3 is 0 Å². The molecule has 8 heteroatoms. The Morgan fingerprint density at radius 3 is 1.38 bits per heavy atom. The third kappa shape index (κ3) is 1.10. The van der Waals surface area contributed by atoms with E-state index < -0.39 is 46.2 Å². The van der Waals surface area contributed by atoms with Crippen LogP contribution in [0.1, 0.15) is 20.7 Å². The summed E-state index contributed by atoms with van der Waals surface area (Å²) in [4.78, 5) is 22.4. The second-order valence-electron chi connectivity index (χ2n) is 2.93. The molecule has 0 saturated heterocycles. The minimum Gasteiger partial charge on any atom is -0.267 e. The number of halogens is 4. The first-order chi connectivity index (χ1) is 7.37. The Labute approximate surface area is 91.2 Å². The summed E-state index contributed by atoms with van der Waals surface area (Å²) in [5.74, 6) is -10.7. The summed E-state index contributed by atoms with van der Waals surface area (Å²) in [6.07, 6.45) is 0. The van der Waals surface area contributed by atoms with Crippen molar-refractivity contribution >= 4 is 24.6 Å². The normalized spacial score (nSPS) is 14.7. The molecule has 0 atom stereocenters. The van der Waals surface area contributed by atoms with Crippen molar-refractivity contribution in [1.82, 2.24) is 4.31 Å². The monoisotopic (exact) mass is 251 g/mol. The average Bonchev–Trinajstić information content (AvgIpc) is 2.48. The van der Waals surface area contributed by atoms with Gasteiger partial charge in [-0.1, -0.05) is 12.8 Å². The van der Waals surface area contributed by atoms with Crippen LogP contribution >= 0.6 is 12.8 Å². The number of thiol groups is 1. The Morgan fingerprint density at radius 2 is 1.06 bits per heavy atom. The van der Waals surface area contributed by atoms with Crippen molar-refractivity contribution < 1.29 is 27.2 Å². The summed E-state index contributed by atoms with van der Waals surface area (Å²) in [5.41, 5.74) is -2.28. The number of benzene rings is 1. The lowest BCUT2D eigenvalue weighted by molar-refractivity contribution is 0.0777. The molecule has 0 aromatic heterocycles. The van der Waals surface area contributed by atoms with Gasteiger partial charge in [-0.05, 0) is 0 Å². The predicted octanol–water partition coefficient (Wildman–Crippen LogP) is 1.68. The summed E-state index contributed by atoms with van der Waals surface area (Å²) >= 11 is 3.35. The van der Waals surface area contributed by atoms with Crippen molar-refractivity contribution in [3.63, 3.8) is 0 Å². The molecule has 0 saturated carbocycles. The zero-order valence-electron chi connectivity index (χ0n) is 7.22. The third-order valence-corrected chi connectivity index (χ3v) is 2.44. The van der Waals surface area contributed by atoms with Crippen molar-refractivity contribution in [3.8, 4) is 0 Å². The Hall–Kier alpha value is -1.57. The van der Waals surface area contributed by atoms with Gasteiger partial charge in [-0.15, -0.1) is 0 Å². The fraction of sp³-hybridized carbons (Fsp3) is 0. The largest absolute Gasteiger partial charge is 0.274 e. The van der Waals surface area contributed by atoms with Crippen LogP contribution in [0.4, 0.5) is 17.6 Å². The first-order valence-electron chi connectivity index (χ1n) is 3.81. The number of amides is 2. The molecule has 3 nitrogen and oxygen atoms in total. The molecular formula is C8HF4NO2S. The number of hydrogen-bond acceptors (Lipinski definition) is 3. The molecule has 1 heterocycles. The van der Waals surface area contributed by atoms with E-state index >= 15 is 0 Å².